The number of amides is 1. The van der Waals surface area contributed by atoms with Gasteiger partial charge in [-0.2, -0.15) is 4.98 Å². The molecule has 1 aromatic carbocycles. The lowest BCUT2D eigenvalue weighted by atomic mass is 10.0. The predicted octanol–water partition coefficient (Wildman–Crippen LogP) is 3.81. The van der Waals surface area contributed by atoms with Crippen LogP contribution < -0.4 is 10.6 Å². The number of phenolic OH excluding ortho intramolecular Hbond substituents is 1. The third-order valence-corrected chi connectivity index (χ3v) is 6.12. The first-order chi connectivity index (χ1) is 18.9. The summed E-state index contributed by atoms with van der Waals surface area (Å²) < 4.78 is 31.6. The highest BCUT2D eigenvalue weighted by Gasteiger charge is 2.25. The van der Waals surface area contributed by atoms with E-state index in [0.717, 1.165) is 12.1 Å². The Kier molecular flexibility index (Phi) is 7.89. The van der Waals surface area contributed by atoms with Crippen LogP contribution in [0.15, 0.2) is 46.3 Å². The van der Waals surface area contributed by atoms with E-state index in [2.05, 4.69) is 19.9 Å². The number of benzene rings is 1. The molecule has 4 rings (SSSR count). The molecule has 1 amide bonds. The van der Waals surface area contributed by atoms with E-state index in [-0.39, 0.29) is 29.3 Å². The van der Waals surface area contributed by atoms with E-state index in [4.69, 9.17) is 0 Å². The van der Waals surface area contributed by atoms with Crippen molar-refractivity contribution < 1.29 is 18.7 Å². The van der Waals surface area contributed by atoms with Crippen molar-refractivity contribution >= 4 is 29.1 Å². The number of nitrogens with zero attached hydrogens (tertiary/aromatic N) is 7. The fourth-order valence-electron chi connectivity index (χ4n) is 4.30. The van der Waals surface area contributed by atoms with Crippen LogP contribution in [0.3, 0.4) is 0 Å². The fourth-order valence-corrected chi connectivity index (χ4v) is 4.30. The molecule has 10 nitrogen and oxygen atoms in total. The van der Waals surface area contributed by atoms with E-state index >= 15 is 4.39 Å². The Morgan fingerprint density at radius 2 is 1.88 bits per heavy atom. The second-order valence-corrected chi connectivity index (χ2v) is 9.85. The Bertz CT molecular complexity index is 1680. The fraction of sp³-hybridized carbons (Fsp3) is 0.286. The van der Waals surface area contributed by atoms with Crippen molar-refractivity contribution in [3.8, 4) is 22.7 Å². The summed E-state index contributed by atoms with van der Waals surface area (Å²) in [7, 11) is 4.93. The minimum absolute atomic E-state index is 0.0204. The highest BCUT2D eigenvalue weighted by Crippen LogP contribution is 2.36. The van der Waals surface area contributed by atoms with Crippen molar-refractivity contribution in [3.05, 3.63) is 69.9 Å². The maximum Gasteiger partial charge on any atom is 0.355 e. The quantitative estimate of drug-likeness (QED) is 0.273. The first kappa shape index (κ1) is 28.3. The molecule has 0 atom stereocenters. The molecule has 3 aromatic heterocycles. The molecule has 0 unspecified atom stereocenters. The molecule has 0 aliphatic heterocycles. The molecular weight excluding hydrogens is 520 g/mol. The second-order valence-electron chi connectivity index (χ2n) is 9.85. The van der Waals surface area contributed by atoms with Crippen molar-refractivity contribution in [2.75, 3.05) is 32.6 Å². The lowest BCUT2D eigenvalue weighted by Crippen LogP contribution is -2.32. The summed E-state index contributed by atoms with van der Waals surface area (Å²) in [5.74, 6) is -3.03. The Hall–Kier alpha value is -4.74. The van der Waals surface area contributed by atoms with Gasteiger partial charge in [-0.05, 0) is 42.7 Å². The van der Waals surface area contributed by atoms with E-state index < -0.39 is 40.2 Å². The lowest BCUT2D eigenvalue weighted by molar-refractivity contribution is -0.116. The van der Waals surface area contributed by atoms with E-state index in [1.165, 1.54) is 35.0 Å². The topological polar surface area (TPSA) is 117 Å². The first-order valence-electron chi connectivity index (χ1n) is 12.4. The maximum atomic E-state index is 15.6. The third-order valence-electron chi connectivity index (χ3n) is 6.12. The van der Waals surface area contributed by atoms with Crippen LogP contribution in [-0.4, -0.2) is 69.5 Å². The zero-order valence-corrected chi connectivity index (χ0v) is 23.0. The molecular formula is C28H29F2N7O3. The zero-order chi connectivity index (χ0) is 29.3. The lowest BCUT2D eigenvalue weighted by Gasteiger charge is -2.22. The number of rotatable bonds is 7. The van der Waals surface area contributed by atoms with Gasteiger partial charge in [0.25, 0.3) is 5.91 Å². The number of likely N-dealkylation sites (N-methyl/N-ethyl adjacent to an activating group) is 1. The number of hydrogen-bond donors (Lipinski definition) is 1. The molecule has 208 valence electrons. The van der Waals surface area contributed by atoms with Crippen molar-refractivity contribution in [2.45, 2.75) is 26.7 Å². The molecule has 0 saturated carbocycles. The average Bonchev–Trinajstić information content (AvgIpc) is 2.87. The summed E-state index contributed by atoms with van der Waals surface area (Å²) in [4.78, 5) is 46.0. The molecule has 1 N–H and O–H groups in total. The Morgan fingerprint density at radius 3 is 2.52 bits per heavy atom. The Balaban J connectivity index is 2.07. The van der Waals surface area contributed by atoms with Gasteiger partial charge in [-0.15, -0.1) is 0 Å². The molecule has 0 aliphatic carbocycles. The number of hydrogen-bond acceptors (Lipinski definition) is 7. The number of anilines is 1. The minimum atomic E-state index is -0.960. The number of aromatic nitrogens is 4. The van der Waals surface area contributed by atoms with E-state index in [1.54, 1.807) is 38.2 Å². The molecule has 12 heteroatoms. The van der Waals surface area contributed by atoms with Gasteiger partial charge in [0.05, 0.1) is 28.7 Å². The van der Waals surface area contributed by atoms with Gasteiger partial charge in [0.15, 0.2) is 11.5 Å². The van der Waals surface area contributed by atoms with Crippen LogP contribution in [-0.2, 0) is 4.79 Å². The largest absolute Gasteiger partial charge is 0.507 e. The number of pyridine rings is 2. The van der Waals surface area contributed by atoms with Crippen LogP contribution in [0.25, 0.3) is 28.0 Å². The van der Waals surface area contributed by atoms with Gasteiger partial charge in [-0.3, -0.25) is 9.78 Å². The van der Waals surface area contributed by atoms with Crippen molar-refractivity contribution in [1.29, 1.82) is 0 Å². The number of carbonyl (C=O) groups is 1. The summed E-state index contributed by atoms with van der Waals surface area (Å²) in [6.45, 7) is 5.33. The number of aromatic hydroxyl groups is 1. The molecule has 0 radical (unpaired) electrons. The number of carbonyl (C=O) groups excluding carboxylic acids is 1. The van der Waals surface area contributed by atoms with Crippen LogP contribution >= 0.6 is 0 Å². The van der Waals surface area contributed by atoms with E-state index in [0.29, 0.717) is 16.9 Å². The Morgan fingerprint density at radius 1 is 1.15 bits per heavy atom. The number of aryl methyl sites for hydroxylation is 1. The molecule has 0 saturated heterocycles. The smallest absolute Gasteiger partial charge is 0.355 e. The monoisotopic (exact) mass is 549 g/mol. The van der Waals surface area contributed by atoms with Crippen LogP contribution in [0.5, 0.6) is 5.75 Å². The maximum absolute atomic E-state index is 15.6. The van der Waals surface area contributed by atoms with E-state index in [9.17, 15) is 19.1 Å². The standard InChI is InChI=1S/C28H29F2N7O3/c1-15(2)23-25(16(3)10-11-31-23)37-27-17(12-19(30)24(33-27)22-18(29)8-7-9-20(22)38)26(34-28(37)40)36(6)13-21(39)32-14-35(4)5/h7-12,14-15,38H,13H2,1-6H3. The molecule has 0 spiro atoms. The van der Waals surface area contributed by atoms with Crippen LogP contribution in [0.2, 0.25) is 0 Å². The molecule has 0 bridgehead atoms. The molecule has 0 aliphatic rings. The average molecular weight is 550 g/mol. The SMILES string of the molecule is Cc1ccnc(C(C)C)c1-n1c(=O)nc(N(C)CC(=O)N=CN(C)C)c2cc(F)c(-c3c(O)cccc3F)nc21. The van der Waals surface area contributed by atoms with Crippen molar-refractivity contribution in [1.82, 2.24) is 24.4 Å². The normalized spacial score (nSPS) is 11.5. The second kappa shape index (κ2) is 11.2. The van der Waals surface area contributed by atoms with Crippen LogP contribution in [0.1, 0.15) is 31.0 Å². The zero-order valence-electron chi connectivity index (χ0n) is 23.0. The summed E-state index contributed by atoms with van der Waals surface area (Å²) >= 11 is 0. The van der Waals surface area contributed by atoms with Gasteiger partial charge in [-0.1, -0.05) is 19.9 Å². The van der Waals surface area contributed by atoms with Gasteiger partial charge in [-0.25, -0.2) is 28.1 Å². The molecule has 40 heavy (non-hydrogen) atoms. The highest BCUT2D eigenvalue weighted by molar-refractivity contribution is 5.93. The summed E-state index contributed by atoms with van der Waals surface area (Å²) in [5.41, 5.74) is -0.102. The Labute approximate surface area is 229 Å². The summed E-state index contributed by atoms with van der Waals surface area (Å²) in [5, 5.41) is 10.5. The molecule has 3 heterocycles. The molecule has 0 fully saturated rings. The van der Waals surface area contributed by atoms with Gasteiger partial charge in [0.1, 0.15) is 29.6 Å². The first-order valence-corrected chi connectivity index (χ1v) is 12.4. The van der Waals surface area contributed by atoms with Crippen LogP contribution in [0.4, 0.5) is 14.6 Å². The minimum Gasteiger partial charge on any atom is -0.507 e. The van der Waals surface area contributed by atoms with Gasteiger partial charge >= 0.3 is 5.69 Å². The number of fused-ring (bicyclic) bond motifs is 1. The number of halogens is 2. The number of phenols is 1. The van der Waals surface area contributed by atoms with Crippen molar-refractivity contribution in [3.63, 3.8) is 0 Å². The predicted molar refractivity (Wildman–Crippen MR) is 149 cm³/mol. The van der Waals surface area contributed by atoms with Gasteiger partial charge in [0, 0.05) is 27.3 Å². The molecule has 4 aromatic rings. The van der Waals surface area contributed by atoms with Crippen molar-refractivity contribution in [2.24, 2.45) is 4.99 Å². The number of aliphatic imine (C=N–C) groups is 1. The van der Waals surface area contributed by atoms with Crippen LogP contribution in [0, 0.1) is 18.6 Å². The third kappa shape index (κ3) is 5.37. The highest BCUT2D eigenvalue weighted by atomic mass is 19.1. The summed E-state index contributed by atoms with van der Waals surface area (Å²) in [6, 6.07) is 6.34. The van der Waals surface area contributed by atoms with E-state index in [1.807, 2.05) is 13.8 Å². The van der Waals surface area contributed by atoms with Gasteiger partial charge in [0.2, 0.25) is 0 Å². The van der Waals surface area contributed by atoms with Gasteiger partial charge < -0.3 is 14.9 Å². The summed E-state index contributed by atoms with van der Waals surface area (Å²) in [6.07, 6.45) is 2.96.